The Balaban J connectivity index is 1.01. The van der Waals surface area contributed by atoms with E-state index >= 15 is 0 Å². The maximum Gasteiger partial charge on any atom is 0.345 e. The Morgan fingerprint density at radius 2 is 1.73 bits per heavy atom. The molecule has 2 fully saturated rings. The second-order valence-corrected chi connectivity index (χ2v) is 16.2. The molecular weight excluding hydrogens is 788 g/mol. The highest BCUT2D eigenvalue weighted by atomic mass is 35.5. The van der Waals surface area contributed by atoms with Gasteiger partial charge in [-0.25, -0.2) is 9.78 Å². The van der Waals surface area contributed by atoms with Gasteiger partial charge in [-0.3, -0.25) is 9.88 Å². The number of aromatic nitrogens is 4. The fourth-order valence-corrected chi connectivity index (χ4v) is 8.31. The Morgan fingerprint density at radius 1 is 0.932 bits per heavy atom. The SMILES string of the molecule is Cc1c(-c2c(C3CCC3)ncc3snc(O[C@H](Cc4ccccc4OCc4ccnc(OCc5ccccc5)n4)C(=O)O)c23)ccc(OCCN2CCN(C)CC2)c1Cl. The molecule has 0 unspecified atom stereocenters. The van der Waals surface area contributed by atoms with Crippen molar-refractivity contribution < 1.29 is 28.8 Å². The number of piperazine rings is 1. The molecule has 3 aromatic carbocycles. The van der Waals surface area contributed by atoms with E-state index in [1.165, 1.54) is 11.5 Å². The van der Waals surface area contributed by atoms with E-state index in [-0.39, 0.29) is 30.8 Å². The van der Waals surface area contributed by atoms with E-state index in [0.717, 1.165) is 90.0 Å². The van der Waals surface area contributed by atoms with Crippen molar-refractivity contribution in [2.75, 3.05) is 46.4 Å². The van der Waals surface area contributed by atoms with Gasteiger partial charge in [0.25, 0.3) is 0 Å². The molecule has 12 nitrogen and oxygen atoms in total. The third-order valence-corrected chi connectivity index (χ3v) is 12.3. The number of aliphatic carboxylic acids is 1. The molecule has 1 atom stereocenters. The van der Waals surface area contributed by atoms with Gasteiger partial charge < -0.3 is 29.0 Å². The van der Waals surface area contributed by atoms with Crippen LogP contribution in [0.15, 0.2) is 85.2 Å². The van der Waals surface area contributed by atoms with E-state index in [1.54, 1.807) is 12.3 Å². The number of rotatable bonds is 17. The maximum absolute atomic E-state index is 12.9. The first kappa shape index (κ1) is 40.4. The predicted molar refractivity (Wildman–Crippen MR) is 228 cm³/mol. The molecule has 3 aromatic heterocycles. The van der Waals surface area contributed by atoms with Crippen molar-refractivity contribution in [3.63, 3.8) is 0 Å². The van der Waals surface area contributed by atoms with Crippen molar-refractivity contribution in [3.8, 4) is 34.5 Å². The zero-order valence-corrected chi connectivity index (χ0v) is 34.8. The number of halogens is 1. The van der Waals surface area contributed by atoms with Crippen LogP contribution in [0.25, 0.3) is 21.2 Å². The Hall–Kier alpha value is -5.34. The van der Waals surface area contributed by atoms with Crippen molar-refractivity contribution >= 4 is 39.2 Å². The van der Waals surface area contributed by atoms with E-state index in [2.05, 4.69) is 31.2 Å². The molecule has 1 aliphatic heterocycles. The number of nitrogens with zero attached hydrogens (tertiary/aromatic N) is 6. The van der Waals surface area contributed by atoms with Crippen LogP contribution in [0.1, 0.15) is 53.3 Å². The molecule has 8 rings (SSSR count). The van der Waals surface area contributed by atoms with Crippen molar-refractivity contribution in [1.82, 2.24) is 29.1 Å². The van der Waals surface area contributed by atoms with Gasteiger partial charge in [-0.05, 0) is 78.8 Å². The van der Waals surface area contributed by atoms with Crippen LogP contribution in [0, 0.1) is 6.92 Å². The lowest BCUT2D eigenvalue weighted by molar-refractivity contribution is -0.145. The Labute approximate surface area is 352 Å². The monoisotopic (exact) mass is 834 g/mol. The second-order valence-electron chi connectivity index (χ2n) is 15.1. The molecular formula is C45H47ClN6O6S. The van der Waals surface area contributed by atoms with Crippen molar-refractivity contribution in [1.29, 1.82) is 0 Å². The molecule has 1 aliphatic carbocycles. The highest BCUT2D eigenvalue weighted by Crippen LogP contribution is 2.48. The summed E-state index contributed by atoms with van der Waals surface area (Å²) in [6.45, 7) is 7.96. The molecule has 0 spiro atoms. The zero-order chi connectivity index (χ0) is 40.7. The fourth-order valence-electron chi connectivity index (χ4n) is 7.40. The molecule has 6 aromatic rings. The number of carboxylic acid groups (broad SMARTS) is 1. The van der Waals surface area contributed by atoms with Gasteiger partial charge in [0.1, 0.15) is 31.3 Å². The van der Waals surface area contributed by atoms with Gasteiger partial charge in [-0.15, -0.1) is 0 Å². The van der Waals surface area contributed by atoms with Gasteiger partial charge >= 0.3 is 12.0 Å². The summed E-state index contributed by atoms with van der Waals surface area (Å²) < 4.78 is 30.1. The van der Waals surface area contributed by atoms with Crippen molar-refractivity contribution in [3.05, 3.63) is 118 Å². The number of carbonyl (C=O) groups is 1. The van der Waals surface area contributed by atoms with Crippen LogP contribution < -0.4 is 18.9 Å². The molecule has 59 heavy (non-hydrogen) atoms. The lowest BCUT2D eigenvalue weighted by Crippen LogP contribution is -2.45. The number of ether oxygens (including phenoxy) is 4. The third kappa shape index (κ3) is 9.60. The van der Waals surface area contributed by atoms with Gasteiger partial charge in [0, 0.05) is 63.0 Å². The molecule has 2 aliphatic rings. The van der Waals surface area contributed by atoms with Crippen LogP contribution in [0.2, 0.25) is 5.02 Å². The molecule has 1 saturated heterocycles. The number of fused-ring (bicyclic) bond motifs is 1. The molecule has 14 heteroatoms. The highest BCUT2D eigenvalue weighted by molar-refractivity contribution is 7.13. The van der Waals surface area contributed by atoms with Gasteiger partial charge in [0.05, 0.1) is 26.5 Å². The first-order chi connectivity index (χ1) is 28.8. The van der Waals surface area contributed by atoms with E-state index in [4.69, 9.17) is 35.5 Å². The quantitative estimate of drug-likeness (QED) is 0.0950. The number of likely N-dealkylation sites (N-methyl/N-ethyl adjacent to an activating group) is 1. The summed E-state index contributed by atoms with van der Waals surface area (Å²) >= 11 is 8.30. The molecule has 306 valence electrons. The number of carboxylic acids is 1. The van der Waals surface area contributed by atoms with Gasteiger partial charge in [0.2, 0.25) is 12.0 Å². The van der Waals surface area contributed by atoms with E-state index in [1.807, 2.05) is 79.9 Å². The molecule has 0 amide bonds. The number of para-hydroxylation sites is 1. The minimum Gasteiger partial charge on any atom is -0.491 e. The van der Waals surface area contributed by atoms with Crippen molar-refractivity contribution in [2.24, 2.45) is 0 Å². The number of benzene rings is 3. The summed E-state index contributed by atoms with van der Waals surface area (Å²) in [4.78, 5) is 31.4. The van der Waals surface area contributed by atoms with Crippen LogP contribution in [-0.2, 0) is 24.4 Å². The number of pyridine rings is 1. The summed E-state index contributed by atoms with van der Waals surface area (Å²) in [5.74, 6) is 0.546. The number of hydrogen-bond donors (Lipinski definition) is 1. The van der Waals surface area contributed by atoms with Crippen LogP contribution in [0.4, 0.5) is 0 Å². The van der Waals surface area contributed by atoms with E-state index < -0.39 is 12.1 Å². The topological polar surface area (TPSA) is 132 Å². The first-order valence-corrected chi connectivity index (χ1v) is 21.2. The Morgan fingerprint density at radius 3 is 2.51 bits per heavy atom. The van der Waals surface area contributed by atoms with E-state index in [9.17, 15) is 9.90 Å². The lowest BCUT2D eigenvalue weighted by Gasteiger charge is -2.32. The van der Waals surface area contributed by atoms with Crippen molar-refractivity contribution in [2.45, 2.75) is 57.8 Å². The second kappa shape index (κ2) is 18.7. The minimum atomic E-state index is -1.27. The normalized spacial score (nSPS) is 15.4. The fraction of sp³-hybridized carbons (Fsp3) is 0.356. The third-order valence-electron chi connectivity index (χ3n) is 11.1. The average molecular weight is 835 g/mol. The largest absolute Gasteiger partial charge is 0.491 e. The van der Waals surface area contributed by atoms with Crippen LogP contribution >= 0.6 is 23.1 Å². The summed E-state index contributed by atoms with van der Waals surface area (Å²) in [5.41, 5.74) is 5.86. The summed E-state index contributed by atoms with van der Waals surface area (Å²) in [6, 6.07) is 23.1. The van der Waals surface area contributed by atoms with Gasteiger partial charge in [-0.1, -0.05) is 72.6 Å². The van der Waals surface area contributed by atoms with Crippen LogP contribution in [-0.4, -0.2) is 92.7 Å². The minimum absolute atomic E-state index is 0.0284. The summed E-state index contributed by atoms with van der Waals surface area (Å²) in [5, 5.41) is 11.8. The van der Waals surface area contributed by atoms with Gasteiger partial charge in [0.15, 0.2) is 0 Å². The standard InChI is InChI=1S/C45H47ClN6O6S/c1-29-34(15-16-36(41(29)46)55-24-23-52-21-19-51(2)20-22-52)39-40-38(26-48-42(39)31-12-8-13-31)59-50-43(40)58-37(44(53)54)25-32-11-6-7-14-35(32)56-28-33-17-18-47-45(49-33)57-27-30-9-4-3-5-10-30/h3-7,9-11,14-18,26,31,37H,8,12-13,19-25,27-28H2,1-2H3,(H,53,54)/t37-/m1/s1. The molecule has 0 radical (unpaired) electrons. The molecule has 1 N–H and O–H groups in total. The first-order valence-electron chi connectivity index (χ1n) is 20.0. The van der Waals surface area contributed by atoms with Gasteiger partial charge in [-0.2, -0.15) is 9.36 Å². The molecule has 0 bridgehead atoms. The Bertz CT molecular complexity index is 2390. The van der Waals surface area contributed by atoms with Crippen LogP contribution in [0.5, 0.6) is 23.4 Å². The average Bonchev–Trinajstić information content (AvgIpc) is 3.64. The summed E-state index contributed by atoms with van der Waals surface area (Å²) in [6.07, 6.45) is 5.37. The molecule has 1 saturated carbocycles. The maximum atomic E-state index is 12.9. The predicted octanol–water partition coefficient (Wildman–Crippen LogP) is 8.24. The Kier molecular flexibility index (Phi) is 12.8. The highest BCUT2D eigenvalue weighted by Gasteiger charge is 2.31. The smallest absolute Gasteiger partial charge is 0.345 e. The molecule has 4 heterocycles. The number of hydrogen-bond acceptors (Lipinski definition) is 12. The lowest BCUT2D eigenvalue weighted by atomic mass is 9.79. The van der Waals surface area contributed by atoms with Crippen LogP contribution in [0.3, 0.4) is 0 Å². The zero-order valence-electron chi connectivity index (χ0n) is 33.2. The summed E-state index contributed by atoms with van der Waals surface area (Å²) in [7, 11) is 2.15. The van der Waals surface area contributed by atoms with E-state index in [0.29, 0.717) is 41.0 Å².